The Morgan fingerprint density at radius 3 is 1.24 bits per heavy atom. The van der Waals surface area contributed by atoms with Gasteiger partial charge < -0.3 is 0 Å². The third kappa shape index (κ3) is 9.17. The Balaban J connectivity index is 0.000000883. The molecule has 232 valence electrons. The van der Waals surface area contributed by atoms with Crippen molar-refractivity contribution in [1.29, 1.82) is 0 Å². The third-order valence-corrected chi connectivity index (χ3v) is 17.0. The van der Waals surface area contributed by atoms with Crippen molar-refractivity contribution in [2.45, 2.75) is 163 Å². The van der Waals surface area contributed by atoms with Gasteiger partial charge in [-0.05, 0) is 134 Å². The molecule has 0 saturated heterocycles. The molecule has 0 radical (unpaired) electrons. The van der Waals surface area contributed by atoms with Gasteiger partial charge in [0.2, 0.25) is 0 Å². The SMILES string of the molecule is C1CCCC1.Cc1cc(P(c2cc(C)c(C)c(C)c2)C2CCCC2[C@@H](C)P(C(C)(C)C)C(C)(C)C)cc(C)c1C.[Fe]. The molecule has 2 unspecified atom stereocenters. The molecule has 2 fully saturated rings. The fraction of sp³-hybridized carbons (Fsp3) is 0.684. The van der Waals surface area contributed by atoms with Crippen LogP contribution in [0.15, 0.2) is 24.3 Å². The van der Waals surface area contributed by atoms with Gasteiger partial charge in [-0.25, -0.2) is 0 Å². The molecule has 0 heterocycles. The minimum Gasteiger partial charge on any atom is -0.0924 e. The minimum absolute atomic E-state index is 0. The largest absolute Gasteiger partial charge is 0.0924 e. The Morgan fingerprint density at radius 2 is 0.927 bits per heavy atom. The molecule has 2 saturated carbocycles. The van der Waals surface area contributed by atoms with Crippen molar-refractivity contribution in [3.05, 3.63) is 57.6 Å². The van der Waals surface area contributed by atoms with E-state index in [9.17, 15) is 0 Å². The summed E-state index contributed by atoms with van der Waals surface area (Å²) in [5.41, 5.74) is 10.3. The van der Waals surface area contributed by atoms with E-state index in [0.29, 0.717) is 10.3 Å². The minimum atomic E-state index is -0.399. The van der Waals surface area contributed by atoms with E-state index >= 15 is 0 Å². The molecule has 3 atom stereocenters. The van der Waals surface area contributed by atoms with Gasteiger partial charge in [-0.1, -0.05) is 119 Å². The summed E-state index contributed by atoms with van der Waals surface area (Å²) < 4.78 is 0. The fourth-order valence-electron chi connectivity index (χ4n) is 7.99. The van der Waals surface area contributed by atoms with Gasteiger partial charge in [-0.2, -0.15) is 0 Å². The van der Waals surface area contributed by atoms with Crippen molar-refractivity contribution < 1.29 is 17.1 Å². The molecule has 0 bridgehead atoms. The molecular formula is C38H62FeP2. The van der Waals surface area contributed by atoms with Crippen LogP contribution in [0.4, 0.5) is 0 Å². The van der Waals surface area contributed by atoms with Crippen molar-refractivity contribution in [3.8, 4) is 0 Å². The van der Waals surface area contributed by atoms with Crippen LogP contribution in [0.2, 0.25) is 0 Å². The van der Waals surface area contributed by atoms with Gasteiger partial charge >= 0.3 is 0 Å². The molecule has 0 aromatic heterocycles. The summed E-state index contributed by atoms with van der Waals surface area (Å²) in [5.74, 6) is 0.814. The van der Waals surface area contributed by atoms with E-state index in [1.54, 1.807) is 10.6 Å². The van der Waals surface area contributed by atoms with Crippen molar-refractivity contribution in [3.63, 3.8) is 0 Å². The molecule has 0 N–H and O–H groups in total. The number of aryl methyl sites for hydroxylation is 4. The van der Waals surface area contributed by atoms with E-state index in [1.165, 1.54) is 84.7 Å². The predicted molar refractivity (Wildman–Crippen MR) is 188 cm³/mol. The number of benzene rings is 2. The van der Waals surface area contributed by atoms with Crippen LogP contribution in [0.3, 0.4) is 0 Å². The number of rotatable bonds is 5. The van der Waals surface area contributed by atoms with Gasteiger partial charge in [0.1, 0.15) is 0 Å². The average molecular weight is 637 g/mol. The molecule has 41 heavy (non-hydrogen) atoms. The van der Waals surface area contributed by atoms with Gasteiger partial charge in [0.25, 0.3) is 0 Å². The summed E-state index contributed by atoms with van der Waals surface area (Å²) in [4.78, 5) is 0. The maximum atomic E-state index is 2.63. The molecule has 2 aromatic rings. The van der Waals surface area contributed by atoms with E-state index in [1.807, 2.05) is 0 Å². The normalized spacial score (nSPS) is 20.2. The molecular weight excluding hydrogens is 574 g/mol. The Hall–Kier alpha value is -0.181. The van der Waals surface area contributed by atoms with E-state index < -0.39 is 7.92 Å². The Labute approximate surface area is 269 Å². The van der Waals surface area contributed by atoms with Gasteiger partial charge in [0.15, 0.2) is 0 Å². The molecule has 0 nitrogen and oxygen atoms in total. The quantitative estimate of drug-likeness (QED) is 0.226. The van der Waals surface area contributed by atoms with Crippen LogP contribution in [0.5, 0.6) is 0 Å². The van der Waals surface area contributed by atoms with E-state index in [2.05, 4.69) is 114 Å². The molecule has 2 aromatic carbocycles. The summed E-state index contributed by atoms with van der Waals surface area (Å²) in [6.07, 6.45) is 11.7. The predicted octanol–water partition coefficient (Wildman–Crippen LogP) is 11.6. The van der Waals surface area contributed by atoms with Crippen LogP contribution in [-0.4, -0.2) is 21.6 Å². The zero-order valence-corrected chi connectivity index (χ0v) is 31.8. The van der Waals surface area contributed by atoms with E-state index in [0.717, 1.165) is 17.2 Å². The second kappa shape index (κ2) is 15.2. The van der Waals surface area contributed by atoms with Crippen molar-refractivity contribution in [1.82, 2.24) is 0 Å². The van der Waals surface area contributed by atoms with Crippen LogP contribution in [-0.2, 0) is 17.1 Å². The first-order valence-corrected chi connectivity index (χ1v) is 19.1. The molecule has 3 heteroatoms. The molecule has 4 rings (SSSR count). The Morgan fingerprint density at radius 1 is 0.585 bits per heavy atom. The molecule has 2 aliphatic rings. The second-order valence-corrected chi connectivity index (χ2v) is 21.8. The van der Waals surface area contributed by atoms with Gasteiger partial charge in [-0.15, -0.1) is 0 Å². The van der Waals surface area contributed by atoms with Crippen molar-refractivity contribution >= 4 is 26.5 Å². The summed E-state index contributed by atoms with van der Waals surface area (Å²) in [7, 11) is -0.528. The number of hydrogen-bond donors (Lipinski definition) is 0. The molecule has 0 aliphatic heterocycles. The first kappa shape index (κ1) is 37.0. The van der Waals surface area contributed by atoms with E-state index in [-0.39, 0.29) is 25.0 Å². The first-order valence-electron chi connectivity index (χ1n) is 16.3. The Kier molecular flexibility index (Phi) is 13.7. The zero-order valence-electron chi connectivity index (χ0n) is 28.9. The van der Waals surface area contributed by atoms with Gasteiger partial charge in [-0.3, -0.25) is 0 Å². The van der Waals surface area contributed by atoms with Crippen molar-refractivity contribution in [2.24, 2.45) is 5.92 Å². The van der Waals surface area contributed by atoms with E-state index in [4.69, 9.17) is 0 Å². The van der Waals surface area contributed by atoms with Gasteiger partial charge in [0.05, 0.1) is 0 Å². The summed E-state index contributed by atoms with van der Waals surface area (Å²) in [5, 5.41) is 3.97. The van der Waals surface area contributed by atoms with Gasteiger partial charge in [0, 0.05) is 17.1 Å². The monoisotopic (exact) mass is 636 g/mol. The van der Waals surface area contributed by atoms with Crippen LogP contribution < -0.4 is 10.6 Å². The molecule has 2 aliphatic carbocycles. The smallest absolute Gasteiger partial charge is 0 e. The average Bonchev–Trinajstić information content (AvgIpc) is 3.55. The summed E-state index contributed by atoms with van der Waals surface area (Å²) >= 11 is 0. The topological polar surface area (TPSA) is 0 Å². The van der Waals surface area contributed by atoms with Crippen LogP contribution >= 0.6 is 15.8 Å². The van der Waals surface area contributed by atoms with Crippen LogP contribution in [0.25, 0.3) is 0 Å². The fourth-order valence-corrected chi connectivity index (χ4v) is 16.9. The van der Waals surface area contributed by atoms with Crippen LogP contribution in [0, 0.1) is 47.5 Å². The first-order chi connectivity index (χ1) is 18.5. The maximum Gasteiger partial charge on any atom is 0 e. The second-order valence-electron chi connectivity index (χ2n) is 15.2. The maximum absolute atomic E-state index is 2.63. The van der Waals surface area contributed by atoms with Crippen molar-refractivity contribution in [2.75, 3.05) is 0 Å². The van der Waals surface area contributed by atoms with Crippen LogP contribution in [0.1, 0.15) is 133 Å². The Bertz CT molecular complexity index is 1010. The number of hydrogen-bond acceptors (Lipinski definition) is 0. The summed E-state index contributed by atoms with van der Waals surface area (Å²) in [6, 6.07) is 10.2. The zero-order chi connectivity index (χ0) is 30.0. The third-order valence-electron chi connectivity index (χ3n) is 9.97. The summed E-state index contributed by atoms with van der Waals surface area (Å²) in [6.45, 7) is 31.5. The molecule has 0 spiro atoms. The molecule has 0 amide bonds. The standard InChI is InChI=1S/C33H52P2.C5H10.Fe/c1-21-17-28(18-22(2)25(21)5)34(29-19-23(3)26(6)24(4)20-29)31-16-14-15-30(31)27(7)35(32(8,9)10)33(11,12)13;1-2-4-5-3-1;/h17-20,27,30-31H,14-16H2,1-13H3;1-5H2;/t27-,30?,31?;;/m1../s1.